The Morgan fingerprint density at radius 1 is 1.32 bits per heavy atom. The Morgan fingerprint density at radius 2 is 2.00 bits per heavy atom. The van der Waals surface area contributed by atoms with Gasteiger partial charge in [-0.25, -0.2) is 0 Å². The molecule has 1 amide bonds. The van der Waals surface area contributed by atoms with Gasteiger partial charge in [-0.15, -0.1) is 0 Å². The molecule has 108 valence electrons. The Bertz CT molecular complexity index is 360. The van der Waals surface area contributed by atoms with Crippen molar-refractivity contribution in [1.82, 2.24) is 4.90 Å². The summed E-state index contributed by atoms with van der Waals surface area (Å²) in [5.74, 6) is -0.388. The summed E-state index contributed by atoms with van der Waals surface area (Å²) in [4.78, 5) is 25.7. The van der Waals surface area contributed by atoms with Crippen molar-refractivity contribution in [3.8, 4) is 0 Å². The van der Waals surface area contributed by atoms with E-state index in [0.29, 0.717) is 18.9 Å². The van der Waals surface area contributed by atoms with Crippen molar-refractivity contribution in [2.45, 2.75) is 52.4 Å². The van der Waals surface area contributed by atoms with E-state index in [9.17, 15) is 9.59 Å². The van der Waals surface area contributed by atoms with E-state index in [2.05, 4.69) is 13.8 Å². The summed E-state index contributed by atoms with van der Waals surface area (Å²) in [6, 6.07) is 0. The van der Waals surface area contributed by atoms with Crippen molar-refractivity contribution in [3.05, 3.63) is 0 Å². The van der Waals surface area contributed by atoms with Crippen LogP contribution in [-0.2, 0) is 9.59 Å². The van der Waals surface area contributed by atoms with E-state index in [0.717, 1.165) is 38.6 Å². The zero-order valence-electron chi connectivity index (χ0n) is 12.0. The summed E-state index contributed by atoms with van der Waals surface area (Å²) in [5, 5.41) is 9.12. The van der Waals surface area contributed by atoms with Crippen LogP contribution in [0, 0.1) is 17.3 Å². The fourth-order valence-electron chi connectivity index (χ4n) is 3.59. The lowest BCUT2D eigenvalue weighted by Crippen LogP contribution is -2.52. The standard InChI is InChI=1S/C15H25NO3/c1-11(2)9-15(6-4-7-15)14(19)16-8-3-5-12(10-16)13(17)18/h11-12H,3-10H2,1-2H3,(H,17,18). The van der Waals surface area contributed by atoms with E-state index in [1.807, 2.05) is 4.90 Å². The summed E-state index contributed by atoms with van der Waals surface area (Å²) in [6.45, 7) is 5.46. The fourth-order valence-corrected chi connectivity index (χ4v) is 3.59. The van der Waals surface area contributed by atoms with Crippen molar-refractivity contribution in [1.29, 1.82) is 0 Å². The third-order valence-electron chi connectivity index (χ3n) is 4.62. The van der Waals surface area contributed by atoms with Gasteiger partial charge < -0.3 is 10.0 Å². The van der Waals surface area contributed by atoms with Crippen LogP contribution in [0.4, 0.5) is 0 Å². The normalized spacial score (nSPS) is 26.1. The topological polar surface area (TPSA) is 57.6 Å². The number of piperidine rings is 1. The summed E-state index contributed by atoms with van der Waals surface area (Å²) < 4.78 is 0. The summed E-state index contributed by atoms with van der Waals surface area (Å²) in [5.41, 5.74) is -0.172. The number of rotatable bonds is 4. The zero-order valence-corrected chi connectivity index (χ0v) is 12.0. The Hall–Kier alpha value is -1.06. The van der Waals surface area contributed by atoms with Crippen LogP contribution >= 0.6 is 0 Å². The van der Waals surface area contributed by atoms with Crippen LogP contribution in [0.2, 0.25) is 0 Å². The molecule has 1 saturated carbocycles. The monoisotopic (exact) mass is 267 g/mol. The van der Waals surface area contributed by atoms with Gasteiger partial charge >= 0.3 is 5.97 Å². The number of carbonyl (C=O) groups is 2. The molecule has 0 aromatic rings. The minimum Gasteiger partial charge on any atom is -0.481 e. The molecule has 1 aliphatic carbocycles. The highest BCUT2D eigenvalue weighted by Gasteiger charge is 2.47. The Labute approximate surface area is 115 Å². The van der Waals surface area contributed by atoms with E-state index in [1.54, 1.807) is 0 Å². The van der Waals surface area contributed by atoms with Crippen LogP contribution in [0.15, 0.2) is 0 Å². The lowest BCUT2D eigenvalue weighted by atomic mass is 9.63. The quantitative estimate of drug-likeness (QED) is 0.851. The second-order valence-electron chi connectivity index (χ2n) is 6.66. The maximum absolute atomic E-state index is 12.7. The molecule has 0 aromatic carbocycles. The predicted molar refractivity (Wildman–Crippen MR) is 72.7 cm³/mol. The van der Waals surface area contributed by atoms with Crippen LogP contribution in [0.3, 0.4) is 0 Å². The molecule has 0 bridgehead atoms. The van der Waals surface area contributed by atoms with E-state index < -0.39 is 5.97 Å². The molecule has 1 aliphatic heterocycles. The second-order valence-corrected chi connectivity index (χ2v) is 6.66. The van der Waals surface area contributed by atoms with Gasteiger partial charge in [-0.05, 0) is 38.0 Å². The fraction of sp³-hybridized carbons (Fsp3) is 0.867. The molecule has 0 spiro atoms. The number of nitrogens with zero attached hydrogens (tertiary/aromatic N) is 1. The second kappa shape index (κ2) is 5.51. The van der Waals surface area contributed by atoms with Gasteiger partial charge in [0.2, 0.25) is 5.91 Å². The number of hydrogen-bond acceptors (Lipinski definition) is 2. The molecule has 1 N–H and O–H groups in total. The molecule has 1 unspecified atom stereocenters. The van der Waals surface area contributed by atoms with E-state index in [4.69, 9.17) is 5.11 Å². The highest BCUT2D eigenvalue weighted by Crippen LogP contribution is 2.47. The molecule has 0 radical (unpaired) electrons. The first-order valence-electron chi connectivity index (χ1n) is 7.47. The molecule has 2 fully saturated rings. The molecular weight excluding hydrogens is 242 g/mol. The van der Waals surface area contributed by atoms with Gasteiger partial charge in [0.15, 0.2) is 0 Å². The largest absolute Gasteiger partial charge is 0.481 e. The smallest absolute Gasteiger partial charge is 0.308 e. The molecule has 0 aromatic heterocycles. The number of aliphatic carboxylic acids is 1. The third kappa shape index (κ3) is 2.93. The summed E-state index contributed by atoms with van der Waals surface area (Å²) >= 11 is 0. The first-order chi connectivity index (χ1) is 8.94. The van der Waals surface area contributed by atoms with E-state index >= 15 is 0 Å². The number of carboxylic acid groups (broad SMARTS) is 1. The molecule has 1 heterocycles. The molecule has 4 nitrogen and oxygen atoms in total. The third-order valence-corrected chi connectivity index (χ3v) is 4.62. The summed E-state index contributed by atoms with van der Waals surface area (Å²) in [7, 11) is 0. The first-order valence-corrected chi connectivity index (χ1v) is 7.47. The van der Waals surface area contributed by atoms with Crippen molar-refractivity contribution in [2.24, 2.45) is 17.3 Å². The molecular formula is C15H25NO3. The van der Waals surface area contributed by atoms with Crippen LogP contribution in [0.5, 0.6) is 0 Å². The minimum atomic E-state index is -0.760. The lowest BCUT2D eigenvalue weighted by Gasteiger charge is -2.46. The molecule has 1 atom stereocenters. The molecule has 19 heavy (non-hydrogen) atoms. The van der Waals surface area contributed by atoms with Gasteiger partial charge in [-0.2, -0.15) is 0 Å². The van der Waals surface area contributed by atoms with Gasteiger partial charge in [0.1, 0.15) is 0 Å². The highest BCUT2D eigenvalue weighted by atomic mass is 16.4. The minimum absolute atomic E-state index is 0.172. The van der Waals surface area contributed by atoms with Crippen LogP contribution in [-0.4, -0.2) is 35.0 Å². The van der Waals surface area contributed by atoms with Gasteiger partial charge in [-0.3, -0.25) is 9.59 Å². The highest BCUT2D eigenvalue weighted by molar-refractivity contribution is 5.84. The number of carbonyl (C=O) groups excluding carboxylic acids is 1. The Kier molecular flexibility index (Phi) is 4.16. The van der Waals surface area contributed by atoms with Crippen molar-refractivity contribution < 1.29 is 14.7 Å². The SMILES string of the molecule is CC(C)CC1(C(=O)N2CCCC(C(=O)O)C2)CCC1. The average Bonchev–Trinajstić information content (AvgIpc) is 2.33. The summed E-state index contributed by atoms with van der Waals surface area (Å²) in [6.07, 6.45) is 5.57. The van der Waals surface area contributed by atoms with Crippen LogP contribution in [0.25, 0.3) is 0 Å². The maximum Gasteiger partial charge on any atom is 0.308 e. The average molecular weight is 267 g/mol. The van der Waals surface area contributed by atoms with Gasteiger partial charge in [0, 0.05) is 18.5 Å². The number of amides is 1. The number of likely N-dealkylation sites (tertiary alicyclic amines) is 1. The predicted octanol–water partition coefficient (Wildman–Crippen LogP) is 2.53. The molecule has 1 saturated heterocycles. The molecule has 2 aliphatic rings. The molecule has 4 heteroatoms. The number of hydrogen-bond donors (Lipinski definition) is 1. The van der Waals surface area contributed by atoms with Crippen molar-refractivity contribution in [2.75, 3.05) is 13.1 Å². The first kappa shape index (κ1) is 14.4. The van der Waals surface area contributed by atoms with Crippen LogP contribution < -0.4 is 0 Å². The lowest BCUT2D eigenvalue weighted by molar-refractivity contribution is -0.154. The Balaban J connectivity index is 2.03. The van der Waals surface area contributed by atoms with E-state index in [1.165, 1.54) is 0 Å². The van der Waals surface area contributed by atoms with Gasteiger partial charge in [0.05, 0.1) is 5.92 Å². The van der Waals surface area contributed by atoms with Gasteiger partial charge in [-0.1, -0.05) is 20.3 Å². The number of carboxylic acids is 1. The van der Waals surface area contributed by atoms with Gasteiger partial charge in [0.25, 0.3) is 0 Å². The van der Waals surface area contributed by atoms with Crippen molar-refractivity contribution in [3.63, 3.8) is 0 Å². The molecule has 2 rings (SSSR count). The van der Waals surface area contributed by atoms with E-state index in [-0.39, 0.29) is 17.2 Å². The van der Waals surface area contributed by atoms with Crippen molar-refractivity contribution >= 4 is 11.9 Å². The maximum atomic E-state index is 12.7. The zero-order chi connectivity index (χ0) is 14.0. The Morgan fingerprint density at radius 3 is 2.47 bits per heavy atom. The van der Waals surface area contributed by atoms with Crippen LogP contribution in [0.1, 0.15) is 52.4 Å².